The molecule has 0 fully saturated rings. The number of benzene rings is 1. The van der Waals surface area contributed by atoms with Crippen molar-refractivity contribution in [1.29, 1.82) is 0 Å². The lowest BCUT2D eigenvalue weighted by Crippen LogP contribution is -2.07. The van der Waals surface area contributed by atoms with Crippen LogP contribution in [-0.2, 0) is 0 Å². The van der Waals surface area contributed by atoms with Crippen molar-refractivity contribution in [3.05, 3.63) is 44.4 Å². The number of thiazole rings is 1. The molecule has 96 valence electrons. The fourth-order valence-electron chi connectivity index (χ4n) is 2.04. The van der Waals surface area contributed by atoms with Crippen molar-refractivity contribution >= 4 is 28.6 Å². The van der Waals surface area contributed by atoms with E-state index in [1.807, 2.05) is 25.1 Å². The van der Waals surface area contributed by atoms with Gasteiger partial charge in [0.05, 0.1) is 16.7 Å². The van der Waals surface area contributed by atoms with E-state index in [-0.39, 0.29) is 6.04 Å². The van der Waals surface area contributed by atoms with Crippen molar-refractivity contribution in [2.45, 2.75) is 33.7 Å². The summed E-state index contributed by atoms with van der Waals surface area (Å²) in [5.74, 6) is 0. The lowest BCUT2D eigenvalue weighted by molar-refractivity contribution is 0.887. The summed E-state index contributed by atoms with van der Waals surface area (Å²) in [5, 5.41) is 5.41. The molecule has 0 aliphatic rings. The van der Waals surface area contributed by atoms with Crippen LogP contribution in [0.5, 0.6) is 0 Å². The molecule has 2 rings (SSSR count). The Labute approximate surface area is 117 Å². The van der Waals surface area contributed by atoms with Crippen LogP contribution in [0.4, 0.5) is 5.69 Å². The third-order valence-electron chi connectivity index (χ3n) is 2.89. The average Bonchev–Trinajstić information content (AvgIpc) is 2.62. The van der Waals surface area contributed by atoms with Gasteiger partial charge in [0.25, 0.3) is 0 Å². The molecule has 2 aromatic rings. The van der Waals surface area contributed by atoms with Gasteiger partial charge in [-0.05, 0) is 51.5 Å². The van der Waals surface area contributed by atoms with Crippen LogP contribution < -0.4 is 5.32 Å². The smallest absolute Gasteiger partial charge is 0.0900 e. The largest absolute Gasteiger partial charge is 0.377 e. The molecular formula is C14H17ClN2S. The standard InChI is InChI=1S/C14H17ClN2S/c1-8-7-12(15)5-6-13(8)17-10(3)14-9(2)16-11(4)18-14/h5-7,10,17H,1-4H3. The number of hydrogen-bond donors (Lipinski definition) is 1. The van der Waals surface area contributed by atoms with Crippen molar-refractivity contribution in [2.75, 3.05) is 5.32 Å². The molecule has 0 radical (unpaired) electrons. The second-order valence-electron chi connectivity index (χ2n) is 4.51. The van der Waals surface area contributed by atoms with Crippen molar-refractivity contribution in [2.24, 2.45) is 0 Å². The minimum Gasteiger partial charge on any atom is -0.377 e. The molecule has 1 aromatic carbocycles. The summed E-state index contributed by atoms with van der Waals surface area (Å²) in [6.45, 7) is 8.33. The molecule has 0 saturated carbocycles. The van der Waals surface area contributed by atoms with E-state index in [1.54, 1.807) is 11.3 Å². The molecule has 4 heteroatoms. The van der Waals surface area contributed by atoms with E-state index in [0.29, 0.717) is 0 Å². The van der Waals surface area contributed by atoms with Gasteiger partial charge in [-0.1, -0.05) is 11.6 Å². The first-order valence-electron chi connectivity index (χ1n) is 5.94. The molecule has 0 aliphatic carbocycles. The Kier molecular flexibility index (Phi) is 3.93. The molecule has 0 saturated heterocycles. The van der Waals surface area contributed by atoms with Crippen LogP contribution in [-0.4, -0.2) is 4.98 Å². The number of hydrogen-bond acceptors (Lipinski definition) is 3. The summed E-state index contributed by atoms with van der Waals surface area (Å²) in [4.78, 5) is 5.76. The highest BCUT2D eigenvalue weighted by molar-refractivity contribution is 7.11. The van der Waals surface area contributed by atoms with Gasteiger partial charge in [0.15, 0.2) is 0 Å². The summed E-state index contributed by atoms with van der Waals surface area (Å²) in [6, 6.07) is 6.17. The van der Waals surface area contributed by atoms with Crippen LogP contribution in [0.25, 0.3) is 0 Å². The summed E-state index contributed by atoms with van der Waals surface area (Å²) in [5.41, 5.74) is 3.40. The maximum atomic E-state index is 5.96. The van der Waals surface area contributed by atoms with Crippen LogP contribution in [0.2, 0.25) is 5.02 Å². The lowest BCUT2D eigenvalue weighted by atomic mass is 10.1. The van der Waals surface area contributed by atoms with E-state index in [0.717, 1.165) is 27.0 Å². The average molecular weight is 281 g/mol. The highest BCUT2D eigenvalue weighted by Crippen LogP contribution is 2.29. The molecule has 1 aromatic heterocycles. The maximum absolute atomic E-state index is 5.96. The fraction of sp³-hybridized carbons (Fsp3) is 0.357. The summed E-state index contributed by atoms with van der Waals surface area (Å²) in [7, 11) is 0. The van der Waals surface area contributed by atoms with Crippen LogP contribution in [0.3, 0.4) is 0 Å². The Balaban J connectivity index is 2.21. The number of halogens is 1. The molecule has 0 amide bonds. The van der Waals surface area contributed by atoms with Crippen LogP contribution >= 0.6 is 22.9 Å². The van der Waals surface area contributed by atoms with Gasteiger partial charge in [-0.3, -0.25) is 0 Å². The zero-order valence-corrected chi connectivity index (χ0v) is 12.6. The summed E-state index contributed by atoms with van der Waals surface area (Å²) in [6.07, 6.45) is 0. The predicted molar refractivity (Wildman–Crippen MR) is 79.8 cm³/mol. The van der Waals surface area contributed by atoms with Gasteiger partial charge in [-0.15, -0.1) is 11.3 Å². The number of aromatic nitrogens is 1. The van der Waals surface area contributed by atoms with Gasteiger partial charge in [0.2, 0.25) is 0 Å². The Hall–Kier alpha value is -1.06. The summed E-state index contributed by atoms with van der Waals surface area (Å²) >= 11 is 7.71. The first kappa shape index (κ1) is 13.4. The van der Waals surface area contributed by atoms with E-state index in [4.69, 9.17) is 11.6 Å². The third kappa shape index (κ3) is 2.85. The number of nitrogens with zero attached hydrogens (tertiary/aromatic N) is 1. The van der Waals surface area contributed by atoms with Gasteiger partial charge < -0.3 is 5.32 Å². The molecule has 18 heavy (non-hydrogen) atoms. The van der Waals surface area contributed by atoms with Gasteiger partial charge >= 0.3 is 0 Å². The van der Waals surface area contributed by atoms with Crippen LogP contribution in [0.1, 0.15) is 34.1 Å². The SMILES string of the molecule is Cc1nc(C)c(C(C)Nc2ccc(Cl)cc2C)s1. The number of rotatable bonds is 3. The minimum atomic E-state index is 0.260. The zero-order valence-electron chi connectivity index (χ0n) is 11.0. The molecule has 0 bridgehead atoms. The first-order chi connectivity index (χ1) is 8.47. The monoisotopic (exact) mass is 280 g/mol. The van der Waals surface area contributed by atoms with E-state index >= 15 is 0 Å². The molecule has 2 nitrogen and oxygen atoms in total. The second kappa shape index (κ2) is 5.29. The quantitative estimate of drug-likeness (QED) is 0.865. The van der Waals surface area contributed by atoms with Gasteiger partial charge in [0, 0.05) is 15.6 Å². The molecule has 1 N–H and O–H groups in total. The summed E-state index contributed by atoms with van der Waals surface area (Å²) < 4.78 is 0. The second-order valence-corrected chi connectivity index (χ2v) is 6.18. The predicted octanol–water partition coefficient (Wildman–Crippen LogP) is 4.89. The lowest BCUT2D eigenvalue weighted by Gasteiger charge is -2.16. The Morgan fingerprint density at radius 3 is 2.56 bits per heavy atom. The van der Waals surface area contributed by atoms with Crippen molar-refractivity contribution in [1.82, 2.24) is 4.98 Å². The first-order valence-corrected chi connectivity index (χ1v) is 7.13. The van der Waals surface area contributed by atoms with E-state index in [1.165, 1.54) is 4.88 Å². The number of anilines is 1. The van der Waals surface area contributed by atoms with Gasteiger partial charge in [-0.25, -0.2) is 4.98 Å². The van der Waals surface area contributed by atoms with Gasteiger partial charge in [-0.2, -0.15) is 0 Å². The van der Waals surface area contributed by atoms with Crippen LogP contribution in [0, 0.1) is 20.8 Å². The van der Waals surface area contributed by atoms with E-state index in [9.17, 15) is 0 Å². The Morgan fingerprint density at radius 1 is 1.28 bits per heavy atom. The normalized spacial score (nSPS) is 12.5. The molecule has 1 heterocycles. The maximum Gasteiger partial charge on any atom is 0.0900 e. The van der Waals surface area contributed by atoms with Crippen LogP contribution in [0.15, 0.2) is 18.2 Å². The molecular weight excluding hydrogens is 264 g/mol. The van der Waals surface area contributed by atoms with E-state index < -0.39 is 0 Å². The van der Waals surface area contributed by atoms with E-state index in [2.05, 4.69) is 31.1 Å². The Morgan fingerprint density at radius 2 is 2.00 bits per heavy atom. The zero-order chi connectivity index (χ0) is 13.3. The highest BCUT2D eigenvalue weighted by Gasteiger charge is 2.13. The molecule has 1 atom stereocenters. The fourth-order valence-corrected chi connectivity index (χ4v) is 3.19. The molecule has 0 spiro atoms. The number of nitrogens with one attached hydrogen (secondary N) is 1. The van der Waals surface area contributed by atoms with Crippen molar-refractivity contribution in [3.63, 3.8) is 0 Å². The Bertz CT molecular complexity index is 563. The topological polar surface area (TPSA) is 24.9 Å². The van der Waals surface area contributed by atoms with Crippen molar-refractivity contribution < 1.29 is 0 Å². The minimum absolute atomic E-state index is 0.260. The third-order valence-corrected chi connectivity index (χ3v) is 4.38. The van der Waals surface area contributed by atoms with Crippen molar-refractivity contribution in [3.8, 4) is 0 Å². The molecule has 1 unspecified atom stereocenters. The van der Waals surface area contributed by atoms with Gasteiger partial charge in [0.1, 0.15) is 0 Å². The number of aryl methyl sites for hydroxylation is 3. The molecule has 0 aliphatic heterocycles. The highest BCUT2D eigenvalue weighted by atomic mass is 35.5.